The Balaban J connectivity index is 0. The summed E-state index contributed by atoms with van der Waals surface area (Å²) in [6, 6.07) is 0.745. The first kappa shape index (κ1) is 66.3. The zero-order valence-electron chi connectivity index (χ0n) is 46.8. The molecule has 3 heteroatoms. The number of hydrogen-bond donors (Lipinski definition) is 0. The Morgan fingerprint density at radius 2 is 0.831 bits per heavy atom. The molecule has 0 spiro atoms. The number of unbranched alkanes of at least 4 members (excludes halogenated alkanes) is 27. The summed E-state index contributed by atoms with van der Waals surface area (Å²) >= 11 is 0. The Kier molecular flexibility index (Phi) is 56.9. The third-order valence-electron chi connectivity index (χ3n) is 14.5. The van der Waals surface area contributed by atoms with Crippen molar-refractivity contribution >= 4 is 0 Å². The van der Waals surface area contributed by atoms with Gasteiger partial charge in [-0.3, -0.25) is 0 Å². The highest BCUT2D eigenvalue weighted by molar-refractivity contribution is 4.82. The van der Waals surface area contributed by atoms with Gasteiger partial charge in [0, 0.05) is 32.6 Å². The molecule has 0 bridgehead atoms. The lowest BCUT2D eigenvalue weighted by Crippen LogP contribution is -2.44. The molecule has 0 saturated carbocycles. The maximum Gasteiger partial charge on any atom is 0.0905 e. The first-order chi connectivity index (χ1) is 31.9. The zero-order valence-corrected chi connectivity index (χ0v) is 46.8. The lowest BCUT2D eigenvalue weighted by atomic mass is 9.92. The second kappa shape index (κ2) is 55.8. The SMILES string of the molecule is C=C(CCCCCCCCC(CCCCCCCCCCCCC(CC)CCCCCC)N(C)N1CCCC1)OCC(CCCC)CCCCCC.C=CCCCCCCCC.CCC. The molecule has 0 N–H and O–H groups in total. The highest BCUT2D eigenvalue weighted by atomic mass is 16.5. The number of ether oxygens (including phenoxy) is 1. The van der Waals surface area contributed by atoms with Gasteiger partial charge in [0.2, 0.25) is 0 Å². The van der Waals surface area contributed by atoms with E-state index in [0.29, 0.717) is 0 Å². The van der Waals surface area contributed by atoms with Crippen molar-refractivity contribution in [2.45, 2.75) is 337 Å². The second-order valence-corrected chi connectivity index (χ2v) is 21.0. The van der Waals surface area contributed by atoms with Crippen LogP contribution in [0.5, 0.6) is 0 Å². The van der Waals surface area contributed by atoms with Gasteiger partial charge in [-0.05, 0) is 69.6 Å². The fourth-order valence-corrected chi connectivity index (χ4v) is 9.85. The zero-order chi connectivity index (χ0) is 48.1. The molecular weight excluding hydrogens is 789 g/mol. The van der Waals surface area contributed by atoms with Crippen molar-refractivity contribution in [2.24, 2.45) is 11.8 Å². The monoisotopic (exact) mass is 915 g/mol. The normalized spacial score (nSPS) is 14.1. The van der Waals surface area contributed by atoms with Gasteiger partial charge in [-0.2, -0.15) is 0 Å². The third-order valence-corrected chi connectivity index (χ3v) is 14.5. The summed E-state index contributed by atoms with van der Waals surface area (Å²) in [5.74, 6) is 2.77. The van der Waals surface area contributed by atoms with Gasteiger partial charge in [0.25, 0.3) is 0 Å². The molecule has 65 heavy (non-hydrogen) atoms. The largest absolute Gasteiger partial charge is 0.498 e. The first-order valence-corrected chi connectivity index (χ1v) is 30.3. The van der Waals surface area contributed by atoms with Crippen molar-refractivity contribution in [1.29, 1.82) is 0 Å². The predicted octanol–water partition coefficient (Wildman–Crippen LogP) is 21.7. The summed E-state index contributed by atoms with van der Waals surface area (Å²) in [5, 5.41) is 5.33. The van der Waals surface area contributed by atoms with Crippen molar-refractivity contribution in [3.63, 3.8) is 0 Å². The van der Waals surface area contributed by atoms with Crippen LogP contribution in [0.4, 0.5) is 0 Å². The molecule has 1 rings (SSSR count). The Morgan fingerprint density at radius 1 is 0.477 bits per heavy atom. The standard InChI is InChI=1S/C49H98N2O.C10H20.C3H8/c1-7-11-14-29-38-47(10-4)39-31-25-20-18-16-17-19-21-26-32-41-49(50(6)51-43-34-35-44-51)42-33-27-23-22-24-28-36-46(5)52-45-48(37-13-9-3)40-30-15-12-8-2;1-3-5-7-9-10-8-6-4-2;1-3-2/h47-49H,5,7-45H2,1-4,6H3;3H,1,4-10H2,2H3;3H2,1-2H3. The van der Waals surface area contributed by atoms with Crippen LogP contribution in [0.25, 0.3) is 0 Å². The van der Waals surface area contributed by atoms with E-state index in [1.807, 2.05) is 6.08 Å². The summed E-state index contributed by atoms with van der Waals surface area (Å²) in [6.45, 7) is 27.3. The van der Waals surface area contributed by atoms with Crippen LogP contribution in [0.1, 0.15) is 331 Å². The first-order valence-electron chi connectivity index (χ1n) is 30.3. The van der Waals surface area contributed by atoms with Crippen molar-refractivity contribution < 1.29 is 4.74 Å². The van der Waals surface area contributed by atoms with E-state index < -0.39 is 0 Å². The average molecular weight is 916 g/mol. The molecule has 1 fully saturated rings. The molecule has 0 aliphatic carbocycles. The lowest BCUT2D eigenvalue weighted by molar-refractivity contribution is -0.0242. The average Bonchev–Trinajstić information content (AvgIpc) is 3.86. The Morgan fingerprint density at radius 3 is 1.26 bits per heavy atom. The van der Waals surface area contributed by atoms with E-state index in [9.17, 15) is 0 Å². The molecule has 0 radical (unpaired) electrons. The summed E-state index contributed by atoms with van der Waals surface area (Å²) in [5.41, 5.74) is 0. The van der Waals surface area contributed by atoms with Gasteiger partial charge in [-0.15, -0.1) is 6.58 Å². The fraction of sp³-hybridized carbons (Fsp3) is 0.935. The minimum atomic E-state index is 0.727. The molecule has 0 amide bonds. The van der Waals surface area contributed by atoms with Crippen molar-refractivity contribution in [3.05, 3.63) is 25.0 Å². The van der Waals surface area contributed by atoms with Crippen LogP contribution in [0.15, 0.2) is 25.0 Å². The van der Waals surface area contributed by atoms with Crippen LogP contribution >= 0.6 is 0 Å². The summed E-state index contributed by atoms with van der Waals surface area (Å²) in [7, 11) is 2.40. The molecule has 3 atom stereocenters. The van der Waals surface area contributed by atoms with Crippen molar-refractivity contribution in [2.75, 3.05) is 26.7 Å². The van der Waals surface area contributed by atoms with Crippen LogP contribution in [0, 0.1) is 11.8 Å². The molecule has 1 saturated heterocycles. The molecular formula is C62H126N2O. The number of allylic oxidation sites excluding steroid dienone is 2. The smallest absolute Gasteiger partial charge is 0.0905 e. The van der Waals surface area contributed by atoms with E-state index >= 15 is 0 Å². The second-order valence-electron chi connectivity index (χ2n) is 21.0. The molecule has 0 aromatic carbocycles. The molecule has 1 aliphatic heterocycles. The van der Waals surface area contributed by atoms with Crippen LogP contribution in [-0.4, -0.2) is 42.8 Å². The molecule has 1 heterocycles. The van der Waals surface area contributed by atoms with Crippen LogP contribution in [0.2, 0.25) is 0 Å². The van der Waals surface area contributed by atoms with Crippen LogP contribution in [-0.2, 0) is 4.74 Å². The van der Waals surface area contributed by atoms with Crippen LogP contribution < -0.4 is 0 Å². The van der Waals surface area contributed by atoms with E-state index in [0.717, 1.165) is 36.7 Å². The van der Waals surface area contributed by atoms with E-state index in [4.69, 9.17) is 4.74 Å². The summed E-state index contributed by atoms with van der Waals surface area (Å²) in [4.78, 5) is 0. The summed E-state index contributed by atoms with van der Waals surface area (Å²) in [6.07, 6.45) is 62.9. The van der Waals surface area contributed by atoms with Gasteiger partial charge in [0.15, 0.2) is 0 Å². The molecule has 3 unspecified atom stereocenters. The maximum absolute atomic E-state index is 6.19. The highest BCUT2D eigenvalue weighted by Gasteiger charge is 2.23. The molecule has 0 aromatic heterocycles. The van der Waals surface area contributed by atoms with Crippen molar-refractivity contribution in [1.82, 2.24) is 10.0 Å². The van der Waals surface area contributed by atoms with Gasteiger partial charge < -0.3 is 4.74 Å². The van der Waals surface area contributed by atoms with Gasteiger partial charge in [0.1, 0.15) is 0 Å². The maximum atomic E-state index is 6.19. The highest BCUT2D eigenvalue weighted by Crippen LogP contribution is 2.25. The number of hydrogen-bond acceptors (Lipinski definition) is 3. The Labute approximate surface area is 413 Å². The quantitative estimate of drug-likeness (QED) is 0.0344. The lowest BCUT2D eigenvalue weighted by Gasteiger charge is -2.35. The predicted molar refractivity (Wildman–Crippen MR) is 298 cm³/mol. The number of nitrogens with zero attached hydrogens (tertiary/aromatic N) is 2. The Hall–Kier alpha value is -0.800. The number of rotatable bonds is 48. The van der Waals surface area contributed by atoms with Gasteiger partial charge >= 0.3 is 0 Å². The number of hydrazine groups is 1. The third kappa shape index (κ3) is 48.0. The molecule has 1 aliphatic rings. The van der Waals surface area contributed by atoms with Crippen LogP contribution in [0.3, 0.4) is 0 Å². The molecule has 390 valence electrons. The van der Waals surface area contributed by atoms with E-state index in [-0.39, 0.29) is 0 Å². The van der Waals surface area contributed by atoms with Gasteiger partial charge in [-0.1, -0.05) is 279 Å². The van der Waals surface area contributed by atoms with Gasteiger partial charge in [0.05, 0.1) is 12.4 Å². The minimum Gasteiger partial charge on any atom is -0.498 e. The van der Waals surface area contributed by atoms with E-state index in [1.165, 1.54) is 289 Å². The Bertz CT molecular complexity index is 897. The van der Waals surface area contributed by atoms with Gasteiger partial charge in [-0.25, -0.2) is 10.0 Å². The van der Waals surface area contributed by atoms with Crippen molar-refractivity contribution in [3.8, 4) is 0 Å². The topological polar surface area (TPSA) is 15.7 Å². The summed E-state index contributed by atoms with van der Waals surface area (Å²) < 4.78 is 6.19. The van der Waals surface area contributed by atoms with E-state index in [2.05, 4.69) is 78.7 Å². The fourth-order valence-electron chi connectivity index (χ4n) is 9.85. The molecule has 3 nitrogen and oxygen atoms in total. The minimum absolute atomic E-state index is 0.727. The van der Waals surface area contributed by atoms with E-state index in [1.54, 1.807) is 0 Å². The molecule has 0 aromatic rings.